The van der Waals surface area contributed by atoms with Gasteiger partial charge in [-0.3, -0.25) is 14.3 Å². The number of allylic oxidation sites excluding steroid dienone is 1. The van der Waals surface area contributed by atoms with Gasteiger partial charge in [-0.1, -0.05) is 32.4 Å². The molecule has 1 aromatic carbocycles. The Kier molecular flexibility index (Phi) is 10.1. The molecule has 278 valence electrons. The Balaban J connectivity index is 1.20. The van der Waals surface area contributed by atoms with E-state index >= 15 is 0 Å². The average Bonchev–Trinajstić information content (AvgIpc) is 3.98. The molecule has 4 atom stereocenters. The number of sulfonamides is 1. The molecule has 2 aliphatic carbocycles. The van der Waals surface area contributed by atoms with Gasteiger partial charge in [-0.2, -0.15) is 0 Å². The van der Waals surface area contributed by atoms with Crippen LogP contribution in [0.25, 0.3) is 21.6 Å². The molecule has 2 aromatic heterocycles. The summed E-state index contributed by atoms with van der Waals surface area (Å²) in [6.07, 6.45) is 9.67. The first-order chi connectivity index (χ1) is 24.9. The number of amides is 4. The fraction of sp³-hybridized carbons (Fsp3) is 0.553. The Morgan fingerprint density at radius 3 is 2.71 bits per heavy atom. The van der Waals surface area contributed by atoms with Crippen molar-refractivity contribution in [3.8, 4) is 16.5 Å². The molecule has 0 radical (unpaired) electrons. The number of carbonyl (C=O) groups excluding carboxylic acids is 3. The quantitative estimate of drug-likeness (QED) is 0.260. The molecule has 4 aliphatic rings. The van der Waals surface area contributed by atoms with Gasteiger partial charge in [0.05, 0.1) is 29.3 Å². The number of urea groups is 1. The summed E-state index contributed by atoms with van der Waals surface area (Å²) >= 11 is 1.56. The van der Waals surface area contributed by atoms with Gasteiger partial charge in [0.2, 0.25) is 15.9 Å². The van der Waals surface area contributed by atoms with Crippen molar-refractivity contribution in [2.45, 2.75) is 101 Å². The Hall–Kier alpha value is -4.04. The number of aromatic nitrogens is 2. The molecule has 0 spiro atoms. The van der Waals surface area contributed by atoms with E-state index in [-0.39, 0.29) is 23.8 Å². The van der Waals surface area contributed by atoms with Crippen molar-refractivity contribution in [2.24, 2.45) is 11.8 Å². The number of hydrogen-bond donors (Lipinski definition) is 3. The van der Waals surface area contributed by atoms with Crippen LogP contribution >= 0.6 is 11.3 Å². The summed E-state index contributed by atoms with van der Waals surface area (Å²) in [6.45, 7) is 7.05. The number of carbonyl (C=O) groups is 3. The predicted octanol–water partition coefficient (Wildman–Crippen LogP) is 5.35. The van der Waals surface area contributed by atoms with E-state index in [4.69, 9.17) is 14.7 Å². The minimum Gasteiger partial charge on any atom is -0.496 e. The van der Waals surface area contributed by atoms with Gasteiger partial charge in [0.15, 0.2) is 0 Å². The monoisotopic (exact) mass is 748 g/mol. The molecule has 4 heterocycles. The van der Waals surface area contributed by atoms with E-state index in [0.717, 1.165) is 69.9 Å². The van der Waals surface area contributed by atoms with Crippen LogP contribution < -0.4 is 20.1 Å². The Labute approximate surface area is 309 Å². The number of benzene rings is 1. The van der Waals surface area contributed by atoms with Gasteiger partial charge < -0.3 is 20.3 Å². The molecule has 4 amide bonds. The molecule has 0 unspecified atom stereocenters. The van der Waals surface area contributed by atoms with Crippen LogP contribution in [0.5, 0.6) is 5.75 Å². The van der Waals surface area contributed by atoms with E-state index in [1.54, 1.807) is 23.3 Å². The van der Waals surface area contributed by atoms with Crippen LogP contribution in [-0.2, 0) is 26.0 Å². The molecule has 3 aromatic rings. The number of nitrogens with one attached hydrogen (secondary N) is 3. The molecule has 52 heavy (non-hydrogen) atoms. The summed E-state index contributed by atoms with van der Waals surface area (Å²) in [5, 5.41) is 9.29. The summed E-state index contributed by atoms with van der Waals surface area (Å²) < 4.78 is 33.5. The minimum atomic E-state index is -3.82. The first-order valence-electron chi connectivity index (χ1n) is 18.4. The highest BCUT2D eigenvalue weighted by molar-refractivity contribution is 7.91. The lowest BCUT2D eigenvalue weighted by Gasteiger charge is -2.27. The molecule has 7 rings (SSSR count). The van der Waals surface area contributed by atoms with E-state index in [0.29, 0.717) is 45.2 Å². The fourth-order valence-electron chi connectivity index (χ4n) is 7.59. The van der Waals surface area contributed by atoms with Gasteiger partial charge in [0.1, 0.15) is 22.3 Å². The maximum absolute atomic E-state index is 14.2. The Morgan fingerprint density at radius 1 is 1.17 bits per heavy atom. The minimum absolute atomic E-state index is 0.0846. The predicted molar refractivity (Wildman–Crippen MR) is 201 cm³/mol. The Morgan fingerprint density at radius 2 is 1.98 bits per heavy atom. The SMILES string of the molecule is COc1ccc2c(C[C@@H]3C[C@H]4C(=O)N[C@]5(C(=O)NS(=O)(=O)C6CC6)C[C@H]5/C=C\CCCCCNC(=O)N4C3)cc(-c3nc(C(C)C)cs3)nc2c1C. The summed E-state index contributed by atoms with van der Waals surface area (Å²) in [6, 6.07) is 4.88. The normalized spacial score (nSPS) is 26.1. The van der Waals surface area contributed by atoms with Crippen LogP contribution in [0.1, 0.15) is 88.0 Å². The van der Waals surface area contributed by atoms with E-state index in [9.17, 15) is 22.8 Å². The van der Waals surface area contributed by atoms with Crippen molar-refractivity contribution in [2.75, 3.05) is 20.2 Å². The summed E-state index contributed by atoms with van der Waals surface area (Å²) in [7, 11) is -2.18. The zero-order valence-corrected chi connectivity index (χ0v) is 31.9. The number of methoxy groups -OCH3 is 1. The standard InChI is InChI=1S/C38H48N6O6S2/c1-22(2)30-21-51-35(41-30)29-18-25(28-13-14-32(50-4)23(3)33(28)40-29)16-24-17-31-34(45)42-38(36(46)43-52(48,49)27-11-12-27)19-26(38)10-8-6-5-7-9-15-39-37(47)44(31)20-24/h8,10,13-14,18,21-22,24,26-27,31H,5-7,9,11-12,15-17,19-20H2,1-4H3,(H,39,47)(H,42,45)(H,43,46)/b10-8-/t24-,26-,31+,38-/m1/s1. The zero-order chi connectivity index (χ0) is 36.8. The number of aryl methyl sites for hydroxylation is 1. The molecule has 14 heteroatoms. The summed E-state index contributed by atoms with van der Waals surface area (Å²) in [4.78, 5) is 53.1. The molecule has 0 bridgehead atoms. The zero-order valence-electron chi connectivity index (χ0n) is 30.2. The van der Waals surface area contributed by atoms with Crippen molar-refractivity contribution in [3.63, 3.8) is 0 Å². The highest BCUT2D eigenvalue weighted by Gasteiger charge is 2.62. The van der Waals surface area contributed by atoms with Crippen LogP contribution in [0.3, 0.4) is 0 Å². The smallest absolute Gasteiger partial charge is 0.318 e. The van der Waals surface area contributed by atoms with Crippen LogP contribution in [-0.4, -0.2) is 78.2 Å². The third-order valence-electron chi connectivity index (χ3n) is 10.9. The molecular formula is C38H48N6O6S2. The van der Waals surface area contributed by atoms with Crippen molar-refractivity contribution >= 4 is 50.1 Å². The highest BCUT2D eigenvalue weighted by Crippen LogP contribution is 2.46. The fourth-order valence-corrected chi connectivity index (χ4v) is 9.90. The lowest BCUT2D eigenvalue weighted by Crippen LogP contribution is -2.57. The molecule has 3 fully saturated rings. The van der Waals surface area contributed by atoms with Crippen LogP contribution in [0.15, 0.2) is 35.7 Å². The molecule has 12 nitrogen and oxygen atoms in total. The van der Waals surface area contributed by atoms with Crippen molar-refractivity contribution < 1.29 is 27.5 Å². The largest absolute Gasteiger partial charge is 0.496 e. The van der Waals surface area contributed by atoms with E-state index in [2.05, 4.69) is 40.6 Å². The lowest BCUT2D eigenvalue weighted by atomic mass is 9.93. The average molecular weight is 749 g/mol. The molecule has 2 saturated carbocycles. The number of pyridine rings is 1. The van der Waals surface area contributed by atoms with Gasteiger partial charge >= 0.3 is 6.03 Å². The van der Waals surface area contributed by atoms with Crippen molar-refractivity contribution in [1.82, 2.24) is 30.2 Å². The van der Waals surface area contributed by atoms with Crippen molar-refractivity contribution in [3.05, 3.63) is 52.6 Å². The maximum Gasteiger partial charge on any atom is 0.318 e. The van der Waals surface area contributed by atoms with E-state index < -0.39 is 38.7 Å². The van der Waals surface area contributed by atoms with Gasteiger partial charge in [-0.25, -0.2) is 23.2 Å². The second-order valence-electron chi connectivity index (χ2n) is 15.1. The second-order valence-corrected chi connectivity index (χ2v) is 17.9. The summed E-state index contributed by atoms with van der Waals surface area (Å²) in [5.41, 5.74) is 3.16. The molecular weight excluding hydrogens is 701 g/mol. The lowest BCUT2D eigenvalue weighted by molar-refractivity contribution is -0.131. The third kappa shape index (κ3) is 7.28. The van der Waals surface area contributed by atoms with Gasteiger partial charge in [0, 0.05) is 35.3 Å². The van der Waals surface area contributed by atoms with Gasteiger partial charge in [-0.05, 0) is 93.9 Å². The number of thiazole rings is 1. The molecule has 1 saturated heterocycles. The molecule has 3 N–H and O–H groups in total. The third-order valence-corrected chi connectivity index (χ3v) is 13.6. The molecule has 2 aliphatic heterocycles. The number of rotatable bonds is 8. The number of hydrogen-bond acceptors (Lipinski definition) is 9. The Bertz CT molecular complexity index is 2020. The van der Waals surface area contributed by atoms with Crippen LogP contribution in [0, 0.1) is 18.8 Å². The topological polar surface area (TPSA) is 160 Å². The first-order valence-corrected chi connectivity index (χ1v) is 20.8. The van der Waals surface area contributed by atoms with Crippen LogP contribution in [0.4, 0.5) is 4.79 Å². The maximum atomic E-state index is 14.2. The van der Waals surface area contributed by atoms with E-state index in [1.165, 1.54) is 0 Å². The summed E-state index contributed by atoms with van der Waals surface area (Å²) in [5.74, 6) is -0.559. The van der Waals surface area contributed by atoms with Crippen molar-refractivity contribution in [1.29, 1.82) is 0 Å². The van der Waals surface area contributed by atoms with Gasteiger partial charge in [-0.15, -0.1) is 11.3 Å². The second kappa shape index (κ2) is 14.4. The van der Waals surface area contributed by atoms with E-state index in [1.807, 2.05) is 31.2 Å². The van der Waals surface area contributed by atoms with Crippen LogP contribution in [0.2, 0.25) is 0 Å². The number of fused-ring (bicyclic) bond motifs is 3. The first kappa shape index (κ1) is 36.3. The highest BCUT2D eigenvalue weighted by atomic mass is 32.2. The number of ether oxygens (including phenoxy) is 1. The van der Waals surface area contributed by atoms with Gasteiger partial charge in [0.25, 0.3) is 5.91 Å². The number of nitrogens with zero attached hydrogens (tertiary/aromatic N) is 3.